The van der Waals surface area contributed by atoms with Gasteiger partial charge < -0.3 is 96.1 Å². The van der Waals surface area contributed by atoms with Gasteiger partial charge in [0.25, 0.3) is 0 Å². The first-order valence-corrected chi connectivity index (χ1v) is 36.3. The van der Waals surface area contributed by atoms with E-state index in [-0.39, 0.29) is 12.8 Å². The number of phosphoric acid groups is 2. The number of aliphatic hydroxyl groups excluding tert-OH is 14. The lowest BCUT2D eigenvalue weighted by molar-refractivity contribution is -0.337. The van der Waals surface area contributed by atoms with Crippen LogP contribution in [-0.4, -0.2) is 223 Å². The molecule has 1 heterocycles. The second kappa shape index (κ2) is 44.7. The molecule has 3 rings (SSSR count). The summed E-state index contributed by atoms with van der Waals surface area (Å²) < 4.78 is 57.9. The maximum Gasteiger partial charge on any atom is 0.472 e. The maximum absolute atomic E-state index is 13.8. The molecule has 0 aromatic rings. The van der Waals surface area contributed by atoms with Crippen LogP contribution in [0, 0.1) is 0 Å². The number of phosphoric ester groups is 2. The first kappa shape index (κ1) is 81.3. The molecular weight excluding hydrogens is 1200 g/mol. The lowest BCUT2D eigenvalue weighted by atomic mass is 9.84. The van der Waals surface area contributed by atoms with Crippen LogP contribution >= 0.6 is 15.6 Å². The van der Waals surface area contributed by atoms with Crippen molar-refractivity contribution in [1.29, 1.82) is 0 Å². The fourth-order valence-corrected chi connectivity index (χ4v) is 13.6. The van der Waals surface area contributed by atoms with Gasteiger partial charge in [-0.05, 0) is 12.8 Å². The van der Waals surface area contributed by atoms with Crippen LogP contribution in [0.3, 0.4) is 0 Å². The standard InChI is InChI=1S/C60H117NO25P2/c1-3-5-7-9-11-13-15-17-18-19-20-21-22-23-25-27-29-31-33-35-37-42(63)59(76)61-40(41(62)36-34-32-30-28-26-24-16-14-12-10-8-6-4-2)38-81-87(77,78)86-58-54(74)50(70)49(69)53(73)57(58)84-60-55(75)45(65)44(64)43(83-60)39-82-88(79,80)85-56-51(71)47(67)46(66)48(68)52(56)72/h40-58,60,62-75H,3-39H2,1-2H3,(H,61,76)(H,77,78)(H,79,80)/t40-,41+,42?,43+,44+,45-,46?,47-,48+,49+,50+,51+,52+,53-,54+,55-,56?,57+,58+,60-/m0/s1. The highest BCUT2D eigenvalue weighted by Crippen LogP contribution is 2.49. The second-order valence-corrected chi connectivity index (χ2v) is 27.7. The molecule has 1 aliphatic heterocycles. The number of unbranched alkanes of at least 4 members (excludes halogenated alkanes) is 31. The Kier molecular flexibility index (Phi) is 41.3. The number of carbonyl (C=O) groups excluding carboxylic acids is 1. The molecule has 3 aliphatic rings. The predicted molar refractivity (Wildman–Crippen MR) is 324 cm³/mol. The first-order chi connectivity index (χ1) is 41.9. The Morgan fingerprint density at radius 1 is 0.409 bits per heavy atom. The van der Waals surface area contributed by atoms with E-state index in [1.807, 2.05) is 0 Å². The Morgan fingerprint density at radius 2 is 0.727 bits per heavy atom. The van der Waals surface area contributed by atoms with E-state index in [0.29, 0.717) is 12.8 Å². The zero-order valence-electron chi connectivity index (χ0n) is 52.4. The topological polar surface area (TPSA) is 442 Å². The van der Waals surface area contributed by atoms with E-state index in [1.54, 1.807) is 0 Å². The highest BCUT2D eigenvalue weighted by Gasteiger charge is 2.56. The van der Waals surface area contributed by atoms with Crippen LogP contribution in [0.15, 0.2) is 0 Å². The monoisotopic (exact) mass is 1310 g/mol. The van der Waals surface area contributed by atoms with E-state index in [2.05, 4.69) is 19.2 Å². The molecule has 22 atom stereocenters. The van der Waals surface area contributed by atoms with Crippen molar-refractivity contribution in [3.05, 3.63) is 0 Å². The van der Waals surface area contributed by atoms with E-state index in [0.717, 1.165) is 64.2 Å². The Labute approximate surface area is 521 Å². The summed E-state index contributed by atoms with van der Waals surface area (Å²) >= 11 is 0. The SMILES string of the molecule is CCCCCCCCCCCCCCCCCCCCCCC(O)C(=O)N[C@@H](COP(=O)(O)O[C@@H]1[C@H](O)[C@H](O)[C@@H](O)[C@H](O)[C@H]1O[C@@H]1O[C@H](COP(=O)(O)OC2[C@H](O)[C@H](O)C(O)[C@H](O)[C@H]2O)[C@@H](O)[C@H](O)[C@@H]1O)[C@H](O)CCCCCCCCCCCCCCC. The maximum atomic E-state index is 13.8. The Hall–Kier alpha value is -0.950. The molecule has 0 spiro atoms. The van der Waals surface area contributed by atoms with E-state index < -0.39 is 157 Å². The third-order valence-corrected chi connectivity index (χ3v) is 19.4. The molecule has 522 valence electrons. The van der Waals surface area contributed by atoms with Crippen molar-refractivity contribution in [3.8, 4) is 0 Å². The van der Waals surface area contributed by atoms with Crippen LogP contribution in [-0.2, 0) is 41.5 Å². The molecule has 0 aromatic carbocycles. The Balaban J connectivity index is 1.59. The van der Waals surface area contributed by atoms with Gasteiger partial charge >= 0.3 is 15.6 Å². The quantitative estimate of drug-likeness (QED) is 0.0297. The van der Waals surface area contributed by atoms with Gasteiger partial charge in [0.05, 0.1) is 25.4 Å². The van der Waals surface area contributed by atoms with Crippen LogP contribution in [0.25, 0.3) is 0 Å². The molecule has 3 fully saturated rings. The predicted octanol–water partition coefficient (Wildman–Crippen LogP) is 4.36. The van der Waals surface area contributed by atoms with Crippen molar-refractivity contribution in [1.82, 2.24) is 5.32 Å². The molecule has 5 unspecified atom stereocenters. The lowest BCUT2D eigenvalue weighted by Gasteiger charge is -2.47. The van der Waals surface area contributed by atoms with E-state index in [4.69, 9.17) is 27.6 Å². The lowest BCUT2D eigenvalue weighted by Crippen LogP contribution is -2.67. The summed E-state index contributed by atoms with van der Waals surface area (Å²) in [6, 6.07) is -1.42. The van der Waals surface area contributed by atoms with Crippen LogP contribution < -0.4 is 5.32 Å². The van der Waals surface area contributed by atoms with E-state index >= 15 is 0 Å². The molecule has 2 aliphatic carbocycles. The average molecular weight is 1310 g/mol. The van der Waals surface area contributed by atoms with Crippen LogP contribution in [0.2, 0.25) is 0 Å². The van der Waals surface area contributed by atoms with Gasteiger partial charge in [0.2, 0.25) is 5.91 Å². The van der Waals surface area contributed by atoms with E-state index in [1.165, 1.54) is 135 Å². The zero-order valence-corrected chi connectivity index (χ0v) is 54.2. The molecular formula is C60H117NO25P2. The number of ether oxygens (including phenoxy) is 2. The molecule has 28 heteroatoms. The molecule has 1 amide bonds. The fourth-order valence-electron chi connectivity index (χ4n) is 11.6. The average Bonchev–Trinajstić information content (AvgIpc) is 2.21. The van der Waals surface area contributed by atoms with Crippen LogP contribution in [0.1, 0.15) is 239 Å². The fraction of sp³-hybridized carbons (Fsp3) is 0.983. The normalized spacial score (nSPS) is 31.9. The van der Waals surface area contributed by atoms with Gasteiger partial charge in [0.15, 0.2) is 6.29 Å². The minimum atomic E-state index is -5.58. The van der Waals surface area contributed by atoms with Crippen molar-refractivity contribution < 1.29 is 123 Å². The molecule has 26 nitrogen and oxygen atoms in total. The summed E-state index contributed by atoms with van der Waals surface area (Å²) in [5, 5.41) is 151. The van der Waals surface area contributed by atoms with Gasteiger partial charge in [-0.1, -0.05) is 226 Å². The number of nitrogens with one attached hydrogen (secondary N) is 1. The second-order valence-electron chi connectivity index (χ2n) is 24.9. The molecule has 0 bridgehead atoms. The van der Waals surface area contributed by atoms with Crippen molar-refractivity contribution in [2.45, 2.75) is 361 Å². The molecule has 0 radical (unpaired) electrons. The summed E-state index contributed by atoms with van der Waals surface area (Å²) in [6.45, 7) is 2.26. The molecule has 1 saturated heterocycles. The number of aliphatic hydroxyl groups is 14. The minimum absolute atomic E-state index is 0.104. The minimum Gasteiger partial charge on any atom is -0.391 e. The van der Waals surface area contributed by atoms with Crippen molar-refractivity contribution in [3.63, 3.8) is 0 Å². The summed E-state index contributed by atoms with van der Waals surface area (Å²) in [7, 11) is -11.1. The Bertz CT molecular complexity index is 1890. The van der Waals surface area contributed by atoms with Gasteiger partial charge in [0, 0.05) is 0 Å². The summed E-state index contributed by atoms with van der Waals surface area (Å²) in [6.07, 6.45) is -3.04. The third kappa shape index (κ3) is 29.8. The van der Waals surface area contributed by atoms with Gasteiger partial charge in [-0.15, -0.1) is 0 Å². The molecule has 0 aromatic heterocycles. The number of hydrogen-bond acceptors (Lipinski definition) is 23. The van der Waals surface area contributed by atoms with Gasteiger partial charge in [-0.3, -0.25) is 22.9 Å². The zero-order chi connectivity index (χ0) is 65.2. The van der Waals surface area contributed by atoms with Crippen LogP contribution in [0.5, 0.6) is 0 Å². The summed E-state index contributed by atoms with van der Waals surface area (Å²) in [5.74, 6) is -0.875. The number of rotatable bonds is 50. The van der Waals surface area contributed by atoms with Crippen molar-refractivity contribution in [2.24, 2.45) is 0 Å². The number of hydrogen-bond donors (Lipinski definition) is 17. The highest BCUT2D eigenvalue weighted by atomic mass is 31.2. The smallest absolute Gasteiger partial charge is 0.391 e. The molecule has 17 N–H and O–H groups in total. The van der Waals surface area contributed by atoms with E-state index in [9.17, 15) is 95.2 Å². The largest absolute Gasteiger partial charge is 0.472 e. The van der Waals surface area contributed by atoms with Crippen LogP contribution in [0.4, 0.5) is 0 Å². The first-order valence-electron chi connectivity index (χ1n) is 33.3. The third-order valence-electron chi connectivity index (χ3n) is 17.4. The molecule has 2 saturated carbocycles. The van der Waals surface area contributed by atoms with Crippen molar-refractivity contribution in [2.75, 3.05) is 13.2 Å². The van der Waals surface area contributed by atoms with Gasteiger partial charge in [-0.2, -0.15) is 0 Å². The molecule has 88 heavy (non-hydrogen) atoms. The number of amides is 1. The number of carbonyl (C=O) groups is 1. The van der Waals surface area contributed by atoms with Gasteiger partial charge in [0.1, 0.15) is 104 Å². The van der Waals surface area contributed by atoms with Crippen molar-refractivity contribution >= 4 is 21.6 Å². The summed E-state index contributed by atoms with van der Waals surface area (Å²) in [4.78, 5) is 35.0. The summed E-state index contributed by atoms with van der Waals surface area (Å²) in [5.41, 5.74) is 0. The highest BCUT2D eigenvalue weighted by molar-refractivity contribution is 7.47. The van der Waals surface area contributed by atoms with Gasteiger partial charge in [-0.25, -0.2) is 9.13 Å². The Morgan fingerprint density at radius 3 is 1.14 bits per heavy atom.